The fourth-order valence-electron chi connectivity index (χ4n) is 3.06. The fourth-order valence-corrected chi connectivity index (χ4v) is 4.09. The van der Waals surface area contributed by atoms with E-state index in [2.05, 4.69) is 48.9 Å². The van der Waals surface area contributed by atoms with E-state index < -0.39 is 0 Å². The van der Waals surface area contributed by atoms with Crippen LogP contribution in [-0.4, -0.2) is 7.05 Å². The van der Waals surface area contributed by atoms with Crippen LogP contribution in [0.4, 0.5) is 0 Å². The number of nitrogens with one attached hydrogen (secondary N) is 1. The Hall–Kier alpha value is -1.12. The van der Waals surface area contributed by atoms with Gasteiger partial charge in [0.25, 0.3) is 0 Å². The zero-order valence-corrected chi connectivity index (χ0v) is 12.5. The van der Waals surface area contributed by atoms with E-state index in [1.54, 1.807) is 11.1 Å². The van der Waals surface area contributed by atoms with Gasteiger partial charge in [0.1, 0.15) is 0 Å². The minimum absolute atomic E-state index is 0.444. The predicted octanol–water partition coefficient (Wildman–Crippen LogP) is 4.05. The van der Waals surface area contributed by atoms with Crippen LogP contribution in [0.1, 0.15) is 39.6 Å². The van der Waals surface area contributed by atoms with Crippen molar-refractivity contribution in [3.8, 4) is 0 Å². The van der Waals surface area contributed by atoms with Gasteiger partial charge in [0.05, 0.1) is 0 Å². The number of aryl methyl sites for hydroxylation is 3. The van der Waals surface area contributed by atoms with E-state index in [9.17, 15) is 0 Å². The summed E-state index contributed by atoms with van der Waals surface area (Å²) in [6, 6.07) is 9.74. The summed E-state index contributed by atoms with van der Waals surface area (Å²) in [7, 11) is 2.07. The van der Waals surface area contributed by atoms with Crippen molar-refractivity contribution in [2.45, 2.75) is 38.6 Å². The number of likely N-dealkylation sites (N-methyl/N-ethyl adjacent to an activating group) is 1. The minimum atomic E-state index is 0.444. The highest BCUT2D eigenvalue weighted by Crippen LogP contribution is 2.29. The molecule has 1 N–H and O–H groups in total. The number of fused-ring (bicyclic) bond motifs is 1. The highest BCUT2D eigenvalue weighted by Gasteiger charge is 2.16. The Morgan fingerprint density at radius 3 is 2.79 bits per heavy atom. The number of hydrogen-bond donors (Lipinski definition) is 1. The first-order valence-corrected chi connectivity index (χ1v) is 7.98. The van der Waals surface area contributed by atoms with Crippen molar-refractivity contribution in [1.82, 2.24) is 5.32 Å². The van der Waals surface area contributed by atoms with Crippen molar-refractivity contribution in [3.63, 3.8) is 0 Å². The lowest BCUT2D eigenvalue weighted by atomic mass is 9.99. The molecule has 1 aliphatic carbocycles. The van der Waals surface area contributed by atoms with Crippen molar-refractivity contribution >= 4 is 11.3 Å². The summed E-state index contributed by atoms with van der Waals surface area (Å²) >= 11 is 1.86. The van der Waals surface area contributed by atoms with Crippen LogP contribution in [0.3, 0.4) is 0 Å². The van der Waals surface area contributed by atoms with E-state index in [0.29, 0.717) is 6.04 Å². The van der Waals surface area contributed by atoms with E-state index in [1.807, 2.05) is 11.3 Å². The molecule has 0 aliphatic heterocycles. The van der Waals surface area contributed by atoms with Crippen LogP contribution in [0.2, 0.25) is 0 Å². The van der Waals surface area contributed by atoms with Crippen molar-refractivity contribution in [2.24, 2.45) is 0 Å². The SMILES string of the molecule is CNC(Cc1ccc2c(c1)CCC2)c1sccc1C. The van der Waals surface area contributed by atoms with Gasteiger partial charge in [0.2, 0.25) is 0 Å². The first-order chi connectivity index (χ1) is 9.28. The van der Waals surface area contributed by atoms with E-state index in [4.69, 9.17) is 0 Å². The normalized spacial score (nSPS) is 15.5. The molecule has 1 atom stereocenters. The van der Waals surface area contributed by atoms with Gasteiger partial charge in [-0.25, -0.2) is 0 Å². The lowest BCUT2D eigenvalue weighted by Crippen LogP contribution is -2.18. The van der Waals surface area contributed by atoms with Gasteiger partial charge in [-0.15, -0.1) is 11.3 Å². The fraction of sp³-hybridized carbons (Fsp3) is 0.412. The molecule has 0 saturated carbocycles. The molecule has 0 bridgehead atoms. The van der Waals surface area contributed by atoms with Gasteiger partial charge < -0.3 is 5.32 Å². The van der Waals surface area contributed by atoms with Gasteiger partial charge in [0, 0.05) is 10.9 Å². The van der Waals surface area contributed by atoms with Crippen LogP contribution in [-0.2, 0) is 19.3 Å². The third-order valence-corrected chi connectivity index (χ3v) is 5.30. The number of hydrogen-bond acceptors (Lipinski definition) is 2. The van der Waals surface area contributed by atoms with Crippen LogP contribution in [0.15, 0.2) is 29.6 Å². The summed E-state index contributed by atoms with van der Waals surface area (Å²) in [5, 5.41) is 5.66. The van der Waals surface area contributed by atoms with E-state index in [1.165, 1.54) is 35.3 Å². The molecule has 1 aromatic heterocycles. The second-order valence-corrected chi connectivity index (χ2v) is 6.42. The quantitative estimate of drug-likeness (QED) is 0.884. The zero-order chi connectivity index (χ0) is 13.2. The Labute approximate surface area is 119 Å². The highest BCUT2D eigenvalue weighted by atomic mass is 32.1. The second kappa shape index (κ2) is 5.48. The molecular weight excluding hydrogens is 250 g/mol. The van der Waals surface area contributed by atoms with Crippen LogP contribution in [0, 0.1) is 6.92 Å². The maximum atomic E-state index is 3.47. The summed E-state index contributed by atoms with van der Waals surface area (Å²) in [5.74, 6) is 0. The monoisotopic (exact) mass is 271 g/mol. The third-order valence-electron chi connectivity index (χ3n) is 4.17. The summed E-state index contributed by atoms with van der Waals surface area (Å²) in [6.07, 6.45) is 4.96. The molecule has 0 saturated heterocycles. The Morgan fingerprint density at radius 1 is 1.21 bits per heavy atom. The van der Waals surface area contributed by atoms with Gasteiger partial charge >= 0.3 is 0 Å². The molecule has 1 nitrogen and oxygen atoms in total. The highest BCUT2D eigenvalue weighted by molar-refractivity contribution is 7.10. The molecular formula is C17H21NS. The van der Waals surface area contributed by atoms with Gasteiger partial charge in [-0.2, -0.15) is 0 Å². The molecule has 0 spiro atoms. The molecule has 1 aromatic carbocycles. The molecule has 3 rings (SSSR count). The molecule has 2 heteroatoms. The zero-order valence-electron chi connectivity index (χ0n) is 11.7. The van der Waals surface area contributed by atoms with Gasteiger partial charge in [-0.05, 0) is 73.4 Å². The maximum absolute atomic E-state index is 3.47. The lowest BCUT2D eigenvalue weighted by Gasteiger charge is -2.16. The van der Waals surface area contributed by atoms with Crippen LogP contribution in [0.5, 0.6) is 0 Å². The van der Waals surface area contributed by atoms with Crippen molar-refractivity contribution < 1.29 is 0 Å². The standard InChI is InChI=1S/C17H21NS/c1-12-8-9-19-17(12)16(18-2)11-13-6-7-14-4-3-5-15(14)10-13/h6-10,16,18H,3-5,11H2,1-2H3. The molecule has 19 heavy (non-hydrogen) atoms. The molecule has 0 amide bonds. The summed E-state index contributed by atoms with van der Waals surface area (Å²) in [5.41, 5.74) is 6.02. The third kappa shape index (κ3) is 2.60. The predicted molar refractivity (Wildman–Crippen MR) is 83.0 cm³/mol. The number of rotatable bonds is 4. The van der Waals surface area contributed by atoms with Crippen molar-refractivity contribution in [3.05, 3.63) is 56.8 Å². The van der Waals surface area contributed by atoms with Gasteiger partial charge in [-0.3, -0.25) is 0 Å². The van der Waals surface area contributed by atoms with Crippen LogP contribution in [0.25, 0.3) is 0 Å². The summed E-state index contributed by atoms with van der Waals surface area (Å²) in [6.45, 7) is 2.21. The molecule has 1 unspecified atom stereocenters. The lowest BCUT2D eigenvalue weighted by molar-refractivity contribution is 0.599. The number of thiophene rings is 1. The van der Waals surface area contributed by atoms with Crippen LogP contribution >= 0.6 is 11.3 Å². The average molecular weight is 271 g/mol. The Kier molecular flexibility index (Phi) is 3.72. The van der Waals surface area contributed by atoms with E-state index in [-0.39, 0.29) is 0 Å². The first-order valence-electron chi connectivity index (χ1n) is 7.10. The molecule has 0 fully saturated rings. The van der Waals surface area contributed by atoms with Crippen molar-refractivity contribution in [2.75, 3.05) is 7.05 Å². The van der Waals surface area contributed by atoms with E-state index in [0.717, 1.165) is 6.42 Å². The smallest absolute Gasteiger partial charge is 0.0455 e. The minimum Gasteiger partial charge on any atom is -0.312 e. The Balaban J connectivity index is 1.81. The van der Waals surface area contributed by atoms with Gasteiger partial charge in [-0.1, -0.05) is 18.2 Å². The van der Waals surface area contributed by atoms with Gasteiger partial charge in [0.15, 0.2) is 0 Å². The average Bonchev–Trinajstić information content (AvgIpc) is 3.04. The Morgan fingerprint density at radius 2 is 2.05 bits per heavy atom. The topological polar surface area (TPSA) is 12.0 Å². The maximum Gasteiger partial charge on any atom is 0.0455 e. The molecule has 1 heterocycles. The summed E-state index contributed by atoms with van der Waals surface area (Å²) < 4.78 is 0. The second-order valence-electron chi connectivity index (χ2n) is 5.47. The first kappa shape index (κ1) is 12.9. The van der Waals surface area contributed by atoms with Crippen molar-refractivity contribution in [1.29, 1.82) is 0 Å². The Bertz CT molecular complexity index is 570. The molecule has 2 aromatic rings. The number of benzene rings is 1. The molecule has 1 aliphatic rings. The largest absolute Gasteiger partial charge is 0.312 e. The molecule has 100 valence electrons. The van der Waals surface area contributed by atoms with Crippen LogP contribution < -0.4 is 5.32 Å². The van der Waals surface area contributed by atoms with E-state index >= 15 is 0 Å². The molecule has 0 radical (unpaired) electrons. The summed E-state index contributed by atoms with van der Waals surface area (Å²) in [4.78, 5) is 1.47.